The maximum absolute atomic E-state index is 12.6. The molecule has 2 heterocycles. The van der Waals surface area contributed by atoms with Gasteiger partial charge in [-0.2, -0.15) is 0 Å². The number of rotatable bonds is 8. The van der Waals surface area contributed by atoms with Crippen molar-refractivity contribution in [1.29, 1.82) is 0 Å². The van der Waals surface area contributed by atoms with Crippen LogP contribution in [0.4, 0.5) is 0 Å². The monoisotopic (exact) mass is 483 g/mol. The molecule has 0 amide bonds. The summed E-state index contributed by atoms with van der Waals surface area (Å²) in [6.07, 6.45) is 2.54. The van der Waals surface area contributed by atoms with Gasteiger partial charge in [0.2, 0.25) is 10.0 Å². The van der Waals surface area contributed by atoms with Gasteiger partial charge in [-0.05, 0) is 61.7 Å². The molecule has 0 saturated carbocycles. The van der Waals surface area contributed by atoms with Gasteiger partial charge in [0.15, 0.2) is 0 Å². The van der Waals surface area contributed by atoms with Gasteiger partial charge in [0.25, 0.3) is 0 Å². The first-order valence-electron chi connectivity index (χ1n) is 11.2. The molecule has 2 aromatic heterocycles. The molecule has 0 N–H and O–H groups in total. The summed E-state index contributed by atoms with van der Waals surface area (Å²) in [4.78, 5) is 17.4. The first kappa shape index (κ1) is 24.0. The largest absolute Gasteiger partial charge is 0.464 e. The number of sulfonamides is 1. The van der Waals surface area contributed by atoms with Crippen molar-refractivity contribution in [2.75, 3.05) is 14.1 Å². The summed E-state index contributed by atoms with van der Waals surface area (Å²) in [5.41, 5.74) is 5.15. The second-order valence-electron chi connectivity index (χ2n) is 8.65. The van der Waals surface area contributed by atoms with Crippen molar-refractivity contribution in [3.63, 3.8) is 0 Å². The summed E-state index contributed by atoms with van der Waals surface area (Å²) < 4.78 is 39.3. The molecule has 180 valence electrons. The van der Waals surface area contributed by atoms with Crippen LogP contribution in [0.2, 0.25) is 0 Å². The minimum atomic E-state index is -3.57. The molecule has 0 fully saturated rings. The van der Waals surface area contributed by atoms with Crippen molar-refractivity contribution in [3.05, 3.63) is 59.1 Å². The van der Waals surface area contributed by atoms with Crippen LogP contribution in [0.1, 0.15) is 35.9 Å². The average molecular weight is 484 g/mol. The molecule has 4 aromatic rings. The first-order chi connectivity index (χ1) is 16.1. The third-order valence-electron chi connectivity index (χ3n) is 5.99. The smallest absolute Gasteiger partial charge is 0.310 e. The molecular weight excluding hydrogens is 454 g/mol. The highest BCUT2D eigenvalue weighted by molar-refractivity contribution is 7.89. The number of hydrogen-bond donors (Lipinski definition) is 0. The summed E-state index contributed by atoms with van der Waals surface area (Å²) in [5, 5.41) is 0.910. The van der Waals surface area contributed by atoms with E-state index < -0.39 is 10.0 Å². The number of nitrogens with zero attached hydrogens (tertiary/aromatic N) is 3. The van der Waals surface area contributed by atoms with E-state index in [0.29, 0.717) is 17.9 Å². The summed E-state index contributed by atoms with van der Waals surface area (Å²) in [5.74, 6) is 0.194. The van der Waals surface area contributed by atoms with E-state index in [1.807, 2.05) is 37.5 Å². The van der Waals surface area contributed by atoms with Crippen molar-refractivity contribution >= 4 is 38.0 Å². The van der Waals surface area contributed by atoms with Gasteiger partial charge >= 0.3 is 5.97 Å². The van der Waals surface area contributed by atoms with E-state index in [-0.39, 0.29) is 23.9 Å². The Bertz CT molecular complexity index is 1480. The van der Waals surface area contributed by atoms with Crippen LogP contribution in [0.3, 0.4) is 0 Å². The lowest BCUT2D eigenvalue weighted by Crippen LogP contribution is -2.22. The van der Waals surface area contributed by atoms with Crippen LogP contribution in [0, 0.1) is 13.8 Å². The molecule has 0 aliphatic heterocycles. The second-order valence-corrected chi connectivity index (χ2v) is 10.8. The molecule has 2 aromatic carbocycles. The molecule has 9 heteroatoms. The molecule has 0 unspecified atom stereocenters. The van der Waals surface area contributed by atoms with Crippen molar-refractivity contribution in [2.24, 2.45) is 0 Å². The van der Waals surface area contributed by atoms with Gasteiger partial charge in [-0.3, -0.25) is 4.79 Å². The van der Waals surface area contributed by atoms with E-state index in [1.54, 1.807) is 24.5 Å². The number of ether oxygens (including phenoxy) is 1. The molecule has 34 heavy (non-hydrogen) atoms. The van der Waals surface area contributed by atoms with Crippen molar-refractivity contribution in [2.45, 2.75) is 51.7 Å². The summed E-state index contributed by atoms with van der Waals surface area (Å²) in [6, 6.07) is 8.88. The molecule has 0 aliphatic rings. The lowest BCUT2D eigenvalue weighted by molar-refractivity contribution is -0.144. The van der Waals surface area contributed by atoms with Crippen molar-refractivity contribution in [3.8, 4) is 0 Å². The second kappa shape index (κ2) is 9.23. The lowest BCUT2D eigenvalue weighted by Gasteiger charge is -2.11. The van der Waals surface area contributed by atoms with E-state index in [0.717, 1.165) is 39.6 Å². The number of furan rings is 1. The molecule has 0 aliphatic carbocycles. The van der Waals surface area contributed by atoms with Crippen molar-refractivity contribution < 1.29 is 22.4 Å². The van der Waals surface area contributed by atoms with Crippen LogP contribution in [-0.4, -0.2) is 42.3 Å². The van der Waals surface area contributed by atoms with Crippen LogP contribution in [0.15, 0.2) is 45.9 Å². The van der Waals surface area contributed by atoms with E-state index in [9.17, 15) is 13.2 Å². The number of benzene rings is 2. The summed E-state index contributed by atoms with van der Waals surface area (Å²) in [7, 11) is -0.589. The fourth-order valence-corrected chi connectivity index (χ4v) is 4.86. The lowest BCUT2D eigenvalue weighted by atomic mass is 10.0. The van der Waals surface area contributed by atoms with Gasteiger partial charge in [-0.1, -0.05) is 6.92 Å². The average Bonchev–Trinajstić information content (AvgIpc) is 3.33. The SMILES string of the molecule is CCCn1c(COC(=O)Cc2coc3cc(C)c(C)cc23)nc2cc(S(=O)(=O)N(C)C)ccc21. The molecule has 0 radical (unpaired) electrons. The highest BCUT2D eigenvalue weighted by atomic mass is 32.2. The maximum atomic E-state index is 12.6. The van der Waals surface area contributed by atoms with Gasteiger partial charge in [0, 0.05) is 31.6 Å². The minimum absolute atomic E-state index is 0.00278. The van der Waals surface area contributed by atoms with E-state index >= 15 is 0 Å². The molecular formula is C25H29N3O5S. The van der Waals surface area contributed by atoms with Gasteiger partial charge in [-0.15, -0.1) is 0 Å². The first-order valence-corrected chi connectivity index (χ1v) is 12.6. The predicted octanol–water partition coefficient (Wildman–Crippen LogP) is 4.35. The maximum Gasteiger partial charge on any atom is 0.310 e. The van der Waals surface area contributed by atoms with Crippen LogP contribution in [-0.2, 0) is 39.1 Å². The van der Waals surface area contributed by atoms with Crippen LogP contribution in [0.25, 0.3) is 22.0 Å². The van der Waals surface area contributed by atoms with Gasteiger partial charge in [-0.25, -0.2) is 17.7 Å². The predicted molar refractivity (Wildman–Crippen MR) is 130 cm³/mol. The topological polar surface area (TPSA) is 94.6 Å². The number of fused-ring (bicyclic) bond motifs is 2. The zero-order valence-electron chi connectivity index (χ0n) is 20.1. The van der Waals surface area contributed by atoms with Gasteiger partial charge in [0.1, 0.15) is 18.0 Å². The fourth-order valence-electron chi connectivity index (χ4n) is 3.94. The molecule has 8 nitrogen and oxygen atoms in total. The Balaban J connectivity index is 1.56. The van der Waals surface area contributed by atoms with Crippen LogP contribution >= 0.6 is 0 Å². The summed E-state index contributed by atoms with van der Waals surface area (Å²) in [6.45, 7) is 6.76. The Morgan fingerprint density at radius 1 is 1.15 bits per heavy atom. The van der Waals surface area contributed by atoms with E-state index in [2.05, 4.69) is 4.98 Å². The van der Waals surface area contributed by atoms with E-state index in [1.165, 1.54) is 18.4 Å². The molecule has 0 bridgehead atoms. The standard InChI is InChI=1S/C25H29N3O5S/c1-6-9-28-22-8-7-19(34(30,31)27(4)5)13-21(22)26-24(28)15-33-25(29)12-18-14-32-23-11-17(3)16(2)10-20(18)23/h7-8,10-11,13-14H,6,9,12,15H2,1-5H3. The number of carbonyl (C=O) groups excluding carboxylic acids is 1. The fraction of sp³-hybridized carbons (Fsp3) is 0.360. The minimum Gasteiger partial charge on any atom is -0.464 e. The molecule has 0 spiro atoms. The number of imidazole rings is 1. The van der Waals surface area contributed by atoms with E-state index in [4.69, 9.17) is 9.15 Å². The Hall–Kier alpha value is -3.17. The molecule has 0 atom stereocenters. The Kier molecular flexibility index (Phi) is 6.51. The third-order valence-corrected chi connectivity index (χ3v) is 7.80. The quantitative estimate of drug-likeness (QED) is 0.346. The van der Waals surface area contributed by atoms with Crippen molar-refractivity contribution in [1.82, 2.24) is 13.9 Å². The van der Waals surface area contributed by atoms with Crippen LogP contribution in [0.5, 0.6) is 0 Å². The van der Waals surface area contributed by atoms with Gasteiger partial charge in [0.05, 0.1) is 28.6 Å². The Labute approximate surface area is 199 Å². The summed E-state index contributed by atoms with van der Waals surface area (Å²) >= 11 is 0. The Morgan fingerprint density at radius 3 is 2.59 bits per heavy atom. The highest BCUT2D eigenvalue weighted by Crippen LogP contribution is 2.26. The molecule has 4 rings (SSSR count). The number of hydrogen-bond acceptors (Lipinski definition) is 6. The highest BCUT2D eigenvalue weighted by Gasteiger charge is 2.20. The van der Waals surface area contributed by atoms with Crippen LogP contribution < -0.4 is 0 Å². The number of carbonyl (C=O) groups is 1. The zero-order valence-corrected chi connectivity index (χ0v) is 20.9. The Morgan fingerprint density at radius 2 is 1.88 bits per heavy atom. The van der Waals surface area contributed by atoms with Gasteiger partial charge < -0.3 is 13.7 Å². The molecule has 0 saturated heterocycles. The number of aromatic nitrogens is 2. The normalized spacial score (nSPS) is 12.2. The number of aryl methyl sites for hydroxylation is 3. The number of esters is 1. The zero-order chi connectivity index (χ0) is 24.6. The third kappa shape index (κ3) is 4.45.